The number of nitrogens with one attached hydrogen (secondary N) is 1. The number of carbonyl (C=O) groups is 1. The topological polar surface area (TPSA) is 106 Å². The van der Waals surface area contributed by atoms with Crippen LogP contribution in [0.3, 0.4) is 0 Å². The third kappa shape index (κ3) is 5.22. The summed E-state index contributed by atoms with van der Waals surface area (Å²) in [5.41, 5.74) is 1.47. The SMILES string of the molecule is Cc1cc(C(=O)NCCCS(C)=O)cc(S(N)(=O)=O)c1C. The molecule has 0 fully saturated rings. The number of primary sulfonamides is 1. The molecule has 1 unspecified atom stereocenters. The van der Waals surface area contributed by atoms with Gasteiger partial charge in [0.1, 0.15) is 0 Å². The van der Waals surface area contributed by atoms with Crippen LogP contribution in [0.25, 0.3) is 0 Å². The minimum atomic E-state index is -3.87. The van der Waals surface area contributed by atoms with Crippen LogP contribution in [0.2, 0.25) is 0 Å². The fourth-order valence-corrected chi connectivity index (χ4v) is 3.26. The van der Waals surface area contributed by atoms with E-state index in [2.05, 4.69) is 5.32 Å². The van der Waals surface area contributed by atoms with Gasteiger partial charge in [0.05, 0.1) is 4.90 Å². The highest BCUT2D eigenvalue weighted by Crippen LogP contribution is 2.20. The van der Waals surface area contributed by atoms with Gasteiger partial charge in [-0.05, 0) is 43.5 Å². The molecular formula is C13H20N2O4S2. The Labute approximate surface area is 127 Å². The number of sulfonamides is 1. The summed E-state index contributed by atoms with van der Waals surface area (Å²) in [5.74, 6) is 0.139. The van der Waals surface area contributed by atoms with Gasteiger partial charge in [-0.3, -0.25) is 9.00 Å². The van der Waals surface area contributed by atoms with Crippen LogP contribution in [0.4, 0.5) is 0 Å². The summed E-state index contributed by atoms with van der Waals surface area (Å²) in [6.45, 7) is 3.75. The highest BCUT2D eigenvalue weighted by atomic mass is 32.2. The average Bonchev–Trinajstić information content (AvgIpc) is 2.35. The maximum absolute atomic E-state index is 12.0. The van der Waals surface area contributed by atoms with E-state index >= 15 is 0 Å². The molecule has 0 saturated carbocycles. The zero-order chi connectivity index (χ0) is 16.2. The highest BCUT2D eigenvalue weighted by Gasteiger charge is 2.17. The highest BCUT2D eigenvalue weighted by molar-refractivity contribution is 7.89. The van der Waals surface area contributed by atoms with Gasteiger partial charge in [0.15, 0.2) is 0 Å². The minimum Gasteiger partial charge on any atom is -0.352 e. The Hall–Kier alpha value is -1.25. The van der Waals surface area contributed by atoms with Gasteiger partial charge >= 0.3 is 0 Å². The van der Waals surface area contributed by atoms with Crippen LogP contribution in [0.15, 0.2) is 17.0 Å². The van der Waals surface area contributed by atoms with Crippen molar-refractivity contribution < 1.29 is 17.4 Å². The third-order valence-electron chi connectivity index (χ3n) is 3.08. The van der Waals surface area contributed by atoms with E-state index in [0.29, 0.717) is 29.8 Å². The molecule has 3 N–H and O–H groups in total. The van der Waals surface area contributed by atoms with Gasteiger partial charge in [0.25, 0.3) is 5.91 Å². The maximum atomic E-state index is 12.0. The van der Waals surface area contributed by atoms with Gasteiger partial charge < -0.3 is 5.32 Å². The molecule has 0 saturated heterocycles. The van der Waals surface area contributed by atoms with Crippen molar-refractivity contribution in [3.63, 3.8) is 0 Å². The summed E-state index contributed by atoms with van der Waals surface area (Å²) >= 11 is 0. The number of nitrogens with two attached hydrogens (primary N) is 1. The molecule has 0 heterocycles. The summed E-state index contributed by atoms with van der Waals surface area (Å²) in [6.07, 6.45) is 2.20. The van der Waals surface area contributed by atoms with Crippen LogP contribution < -0.4 is 10.5 Å². The van der Waals surface area contributed by atoms with Crippen molar-refractivity contribution in [1.82, 2.24) is 5.32 Å². The van der Waals surface area contributed by atoms with E-state index in [0.717, 1.165) is 0 Å². The van der Waals surface area contributed by atoms with E-state index in [1.165, 1.54) is 6.07 Å². The molecule has 0 aliphatic carbocycles. The number of amides is 1. The van der Waals surface area contributed by atoms with E-state index < -0.39 is 20.8 Å². The molecule has 118 valence electrons. The van der Waals surface area contributed by atoms with Crippen molar-refractivity contribution >= 4 is 26.7 Å². The molecule has 21 heavy (non-hydrogen) atoms. The Morgan fingerprint density at radius 2 is 1.95 bits per heavy atom. The van der Waals surface area contributed by atoms with Crippen LogP contribution >= 0.6 is 0 Å². The Balaban J connectivity index is 2.91. The molecule has 1 atom stereocenters. The molecular weight excluding hydrogens is 312 g/mol. The first-order valence-corrected chi connectivity index (χ1v) is 9.62. The van der Waals surface area contributed by atoms with Crippen molar-refractivity contribution in [2.24, 2.45) is 5.14 Å². The first kappa shape index (κ1) is 17.8. The Kier molecular flexibility index (Phi) is 6.06. The smallest absolute Gasteiger partial charge is 0.251 e. The van der Waals surface area contributed by atoms with Crippen LogP contribution in [0.5, 0.6) is 0 Å². The normalized spacial score (nSPS) is 13.0. The number of carbonyl (C=O) groups excluding carboxylic acids is 1. The van der Waals surface area contributed by atoms with E-state index in [1.54, 1.807) is 26.2 Å². The molecule has 1 rings (SSSR count). The van der Waals surface area contributed by atoms with Gasteiger partial charge in [-0.2, -0.15) is 0 Å². The number of rotatable bonds is 6. The quantitative estimate of drug-likeness (QED) is 0.738. The lowest BCUT2D eigenvalue weighted by Crippen LogP contribution is -2.26. The summed E-state index contributed by atoms with van der Waals surface area (Å²) in [7, 11) is -4.76. The molecule has 1 aromatic carbocycles. The first-order valence-electron chi connectivity index (χ1n) is 6.35. The monoisotopic (exact) mass is 332 g/mol. The number of benzene rings is 1. The Bertz CT molecular complexity index is 669. The standard InChI is InChI=1S/C13H20N2O4S2/c1-9-7-11(8-12(10(9)2)21(14,18)19)13(16)15-5-4-6-20(3)17/h7-8H,4-6H2,1-3H3,(H,15,16)(H2,14,18,19). The number of aryl methyl sites for hydroxylation is 1. The van der Waals surface area contributed by atoms with Crippen LogP contribution in [-0.4, -0.2) is 37.1 Å². The van der Waals surface area contributed by atoms with Gasteiger partial charge in [-0.1, -0.05) is 0 Å². The van der Waals surface area contributed by atoms with Crippen LogP contribution in [-0.2, 0) is 20.8 Å². The van der Waals surface area contributed by atoms with Crippen molar-refractivity contribution in [2.45, 2.75) is 25.2 Å². The fraction of sp³-hybridized carbons (Fsp3) is 0.462. The van der Waals surface area contributed by atoms with Crippen molar-refractivity contribution in [3.05, 3.63) is 28.8 Å². The lowest BCUT2D eigenvalue weighted by atomic mass is 10.1. The predicted octanol–water partition coefficient (Wildman–Crippen LogP) is 0.449. The predicted molar refractivity (Wildman–Crippen MR) is 83.2 cm³/mol. The van der Waals surface area contributed by atoms with Gasteiger partial charge in [-0.15, -0.1) is 0 Å². The van der Waals surface area contributed by atoms with Gasteiger partial charge in [0.2, 0.25) is 10.0 Å². The van der Waals surface area contributed by atoms with Crippen molar-refractivity contribution in [2.75, 3.05) is 18.6 Å². The molecule has 0 aliphatic heterocycles. The molecule has 0 aliphatic rings. The molecule has 1 amide bonds. The molecule has 1 aromatic rings. The molecule has 0 aromatic heterocycles. The lowest BCUT2D eigenvalue weighted by molar-refractivity contribution is 0.0953. The van der Waals surface area contributed by atoms with Crippen molar-refractivity contribution in [3.8, 4) is 0 Å². The summed E-state index contributed by atoms with van der Waals surface area (Å²) < 4.78 is 34.0. The Morgan fingerprint density at radius 3 is 2.48 bits per heavy atom. The van der Waals surface area contributed by atoms with E-state index in [4.69, 9.17) is 5.14 Å². The maximum Gasteiger partial charge on any atom is 0.251 e. The second-order valence-corrected chi connectivity index (χ2v) is 7.93. The molecule has 0 radical (unpaired) electrons. The van der Waals surface area contributed by atoms with Crippen LogP contribution in [0, 0.1) is 13.8 Å². The fourth-order valence-electron chi connectivity index (χ4n) is 1.83. The molecule has 0 bridgehead atoms. The molecule has 0 spiro atoms. The van der Waals surface area contributed by atoms with Crippen molar-refractivity contribution in [1.29, 1.82) is 0 Å². The second-order valence-electron chi connectivity index (χ2n) is 4.85. The van der Waals surface area contributed by atoms with Gasteiger partial charge in [-0.25, -0.2) is 13.6 Å². The van der Waals surface area contributed by atoms with E-state index in [1.807, 2.05) is 0 Å². The van der Waals surface area contributed by atoms with Gasteiger partial charge in [0, 0.05) is 34.9 Å². The number of hydrogen-bond acceptors (Lipinski definition) is 4. The summed E-state index contributed by atoms with van der Waals surface area (Å²) in [4.78, 5) is 12.0. The van der Waals surface area contributed by atoms with E-state index in [9.17, 15) is 17.4 Å². The number of hydrogen-bond donors (Lipinski definition) is 2. The lowest BCUT2D eigenvalue weighted by Gasteiger charge is -2.11. The van der Waals surface area contributed by atoms with Crippen LogP contribution in [0.1, 0.15) is 27.9 Å². The minimum absolute atomic E-state index is 0.0395. The second kappa shape index (κ2) is 7.15. The summed E-state index contributed by atoms with van der Waals surface area (Å²) in [6, 6.07) is 2.91. The zero-order valence-corrected chi connectivity index (χ0v) is 13.9. The zero-order valence-electron chi connectivity index (χ0n) is 12.3. The third-order valence-corrected chi connectivity index (χ3v) is 4.98. The Morgan fingerprint density at radius 1 is 1.33 bits per heavy atom. The average molecular weight is 332 g/mol. The first-order chi connectivity index (χ1) is 9.62. The van der Waals surface area contributed by atoms with E-state index in [-0.39, 0.29) is 16.4 Å². The molecule has 6 nitrogen and oxygen atoms in total. The molecule has 8 heteroatoms. The largest absolute Gasteiger partial charge is 0.352 e. The summed E-state index contributed by atoms with van der Waals surface area (Å²) in [5, 5.41) is 7.83.